The second-order valence-electron chi connectivity index (χ2n) is 13.7. The Kier molecular flexibility index (Phi) is 7.76. The zero-order chi connectivity index (χ0) is 36.6. The third-order valence-corrected chi connectivity index (χ3v) is 11.4. The van der Waals surface area contributed by atoms with Gasteiger partial charge in [-0.15, -0.1) is 0 Å². The number of amides is 4. The molecule has 4 aliphatic rings. The number of phenols is 1. The molecule has 3 fully saturated rings. The highest BCUT2D eigenvalue weighted by atomic mass is 35.5. The zero-order valence-electron chi connectivity index (χ0n) is 27.5. The summed E-state index contributed by atoms with van der Waals surface area (Å²) < 4.78 is 13.8. The van der Waals surface area contributed by atoms with Gasteiger partial charge < -0.3 is 5.11 Å². The van der Waals surface area contributed by atoms with Crippen molar-refractivity contribution in [1.82, 2.24) is 5.01 Å². The van der Waals surface area contributed by atoms with Gasteiger partial charge in [0.05, 0.1) is 39.5 Å². The summed E-state index contributed by atoms with van der Waals surface area (Å²) in [6.45, 7) is 1.72. The normalized spacial score (nSPS) is 26.5. The molecule has 262 valence electrons. The van der Waals surface area contributed by atoms with Crippen LogP contribution in [0.3, 0.4) is 0 Å². The number of phenolic OH excluding ortho intramolecular Hbond substituents is 1. The Morgan fingerprint density at radius 2 is 1.60 bits per heavy atom. The van der Waals surface area contributed by atoms with Crippen molar-refractivity contribution in [3.63, 3.8) is 0 Å². The minimum Gasteiger partial charge on any atom is -0.508 e. The molecule has 0 spiro atoms. The van der Waals surface area contributed by atoms with Gasteiger partial charge in [0, 0.05) is 23.1 Å². The lowest BCUT2D eigenvalue weighted by Gasteiger charge is -2.50. The van der Waals surface area contributed by atoms with Gasteiger partial charge in [0.2, 0.25) is 11.8 Å². The summed E-state index contributed by atoms with van der Waals surface area (Å²) in [5.41, 5.74) is 4.06. The van der Waals surface area contributed by atoms with E-state index in [4.69, 9.17) is 11.6 Å². The van der Waals surface area contributed by atoms with Gasteiger partial charge >= 0.3 is 0 Å². The van der Waals surface area contributed by atoms with Gasteiger partial charge in [0.25, 0.3) is 17.5 Å². The number of carbonyl (C=O) groups is 4. The van der Waals surface area contributed by atoms with Gasteiger partial charge in [-0.3, -0.25) is 39.6 Å². The predicted molar refractivity (Wildman–Crippen MR) is 187 cm³/mol. The summed E-state index contributed by atoms with van der Waals surface area (Å²) in [4.78, 5) is 70.1. The van der Waals surface area contributed by atoms with Crippen LogP contribution >= 0.6 is 11.6 Å². The van der Waals surface area contributed by atoms with Crippen LogP contribution in [-0.2, 0) is 24.6 Å². The van der Waals surface area contributed by atoms with Crippen LogP contribution < -0.4 is 10.3 Å². The van der Waals surface area contributed by atoms with Crippen molar-refractivity contribution in [2.45, 2.75) is 31.1 Å². The monoisotopic (exact) mass is 720 g/mol. The number of imide groups is 2. The molecule has 6 atom stereocenters. The largest absolute Gasteiger partial charge is 0.508 e. The smallest absolute Gasteiger partial charge is 0.269 e. The lowest BCUT2D eigenvalue weighted by molar-refractivity contribution is -0.384. The van der Waals surface area contributed by atoms with Gasteiger partial charge in [-0.2, -0.15) is 5.01 Å². The number of nitro groups is 1. The molecule has 1 saturated carbocycles. The van der Waals surface area contributed by atoms with Gasteiger partial charge in [-0.05, 0) is 97.0 Å². The molecule has 52 heavy (non-hydrogen) atoms. The molecule has 0 aromatic heterocycles. The summed E-state index contributed by atoms with van der Waals surface area (Å²) in [6, 6.07) is 22.2. The van der Waals surface area contributed by atoms with Crippen molar-refractivity contribution < 1.29 is 33.6 Å². The predicted octanol–water partition coefficient (Wildman–Crippen LogP) is 6.59. The fraction of sp³-hybridized carbons (Fsp3) is 0.231. The van der Waals surface area contributed by atoms with E-state index >= 15 is 4.79 Å². The fourth-order valence-corrected chi connectivity index (χ4v) is 8.99. The molecule has 4 aromatic carbocycles. The number of aromatic hydroxyl groups is 1. The topological polar surface area (TPSA) is 150 Å². The maximum Gasteiger partial charge on any atom is 0.269 e. The number of rotatable bonds is 6. The number of anilines is 2. The van der Waals surface area contributed by atoms with E-state index in [0.717, 1.165) is 9.91 Å². The molecule has 4 amide bonds. The summed E-state index contributed by atoms with van der Waals surface area (Å²) in [5, 5.41) is 23.2. The van der Waals surface area contributed by atoms with Crippen molar-refractivity contribution in [2.24, 2.45) is 23.7 Å². The third-order valence-electron chi connectivity index (χ3n) is 11.1. The number of nitrogens with one attached hydrogen (secondary N) is 1. The highest BCUT2D eigenvalue weighted by Gasteiger charge is 2.70. The Hall–Kier alpha value is -5.88. The molecular weight excluding hydrogens is 691 g/mol. The Labute approximate surface area is 301 Å². The molecular formula is C39H30ClFN4O7. The molecule has 0 radical (unpaired) electrons. The molecule has 0 bridgehead atoms. The van der Waals surface area contributed by atoms with E-state index < -0.39 is 69.4 Å². The second kappa shape index (κ2) is 12.1. The van der Waals surface area contributed by atoms with Crippen LogP contribution in [0.5, 0.6) is 5.75 Å². The maximum atomic E-state index is 15.2. The Balaban J connectivity index is 1.30. The number of nitrogens with zero attached hydrogens (tertiary/aromatic N) is 3. The first-order valence-electron chi connectivity index (χ1n) is 16.7. The lowest BCUT2D eigenvalue weighted by Crippen LogP contribution is -2.53. The number of halogens is 2. The number of hydrazine groups is 1. The average molecular weight is 721 g/mol. The molecule has 13 heteroatoms. The number of nitro benzene ring substituents is 1. The Bertz CT molecular complexity index is 2230. The maximum absolute atomic E-state index is 15.2. The minimum atomic E-state index is -1.56. The van der Waals surface area contributed by atoms with E-state index in [2.05, 4.69) is 5.43 Å². The number of allylic oxidation sites excluding steroid dienone is 2. The molecule has 11 nitrogen and oxygen atoms in total. The van der Waals surface area contributed by atoms with Crippen LogP contribution in [0.4, 0.5) is 21.5 Å². The summed E-state index contributed by atoms with van der Waals surface area (Å²) >= 11 is 6.33. The Morgan fingerprint density at radius 3 is 2.25 bits per heavy atom. The van der Waals surface area contributed by atoms with E-state index in [0.29, 0.717) is 33.0 Å². The number of carbonyl (C=O) groups excluding carboxylic acids is 4. The zero-order valence-corrected chi connectivity index (χ0v) is 28.3. The van der Waals surface area contributed by atoms with Gasteiger partial charge in [0.1, 0.15) is 11.6 Å². The van der Waals surface area contributed by atoms with Crippen LogP contribution in [0, 0.1) is 46.5 Å². The molecule has 8 rings (SSSR count). The first-order chi connectivity index (χ1) is 24.9. The Morgan fingerprint density at radius 1 is 0.904 bits per heavy atom. The number of fused-ring (bicyclic) bond motifs is 4. The summed E-state index contributed by atoms with van der Waals surface area (Å²) in [7, 11) is 0. The highest BCUT2D eigenvalue weighted by Crippen LogP contribution is 2.64. The average Bonchev–Trinajstić information content (AvgIpc) is 3.51. The summed E-state index contributed by atoms with van der Waals surface area (Å²) in [5.74, 6) is -6.67. The van der Waals surface area contributed by atoms with Gasteiger partial charge in [-0.25, -0.2) is 4.39 Å². The number of hydrogen-bond acceptors (Lipinski definition) is 8. The first kappa shape index (κ1) is 33.3. The number of aryl methyl sites for hydroxylation is 1. The number of hydrogen-bond donors (Lipinski definition) is 2. The van der Waals surface area contributed by atoms with Crippen LogP contribution in [0.25, 0.3) is 0 Å². The van der Waals surface area contributed by atoms with Gasteiger partial charge in [-0.1, -0.05) is 47.5 Å². The van der Waals surface area contributed by atoms with E-state index in [-0.39, 0.29) is 30.0 Å². The van der Waals surface area contributed by atoms with E-state index in [1.807, 2.05) is 6.08 Å². The van der Waals surface area contributed by atoms with E-state index in [9.17, 15) is 34.0 Å². The van der Waals surface area contributed by atoms with Crippen molar-refractivity contribution in [1.29, 1.82) is 0 Å². The molecule has 2 saturated heterocycles. The highest BCUT2D eigenvalue weighted by molar-refractivity contribution is 6.30. The number of non-ortho nitro benzene ring substituents is 1. The number of benzene rings is 4. The standard InChI is InChI=1S/C39H30ClFN4O7/c1-20-18-21(2-17-32(20)46)34-28-15-16-29-33(37(49)43(35(29)47)26-11-13-27(14-12-26)45(51)52)30(28)19-31-36(48)44(42-25-9-7-24(41)8-10-25)38(50)39(31,34)22-3-5-23(40)6-4-22/h2-15,17-18,29-31,33-34,42,46H,16,19H2,1H3/t29-,30+,31-,33-,34-,39+/m0/s1. The van der Waals surface area contributed by atoms with E-state index in [1.54, 1.807) is 43.3 Å². The molecule has 2 heterocycles. The molecule has 4 aromatic rings. The molecule has 2 aliphatic carbocycles. The molecule has 2 N–H and O–H groups in total. The van der Waals surface area contributed by atoms with Crippen LogP contribution in [0.15, 0.2) is 103 Å². The third kappa shape index (κ3) is 4.85. The van der Waals surface area contributed by atoms with Crippen molar-refractivity contribution in [3.05, 3.63) is 140 Å². The summed E-state index contributed by atoms with van der Waals surface area (Å²) in [6.07, 6.45) is 2.13. The fourth-order valence-electron chi connectivity index (χ4n) is 8.87. The molecule has 0 unspecified atom stereocenters. The van der Waals surface area contributed by atoms with Crippen LogP contribution in [0.1, 0.15) is 35.4 Å². The second-order valence-corrected chi connectivity index (χ2v) is 14.1. The van der Waals surface area contributed by atoms with Crippen LogP contribution in [0.2, 0.25) is 5.02 Å². The minimum absolute atomic E-state index is 0.0367. The quantitative estimate of drug-likeness (QED) is 0.0981. The first-order valence-corrected chi connectivity index (χ1v) is 17.1. The van der Waals surface area contributed by atoms with Gasteiger partial charge in [0.15, 0.2) is 0 Å². The van der Waals surface area contributed by atoms with Crippen LogP contribution in [-0.4, -0.2) is 38.7 Å². The van der Waals surface area contributed by atoms with Crippen molar-refractivity contribution >= 4 is 52.3 Å². The molecule has 2 aliphatic heterocycles. The lowest BCUT2D eigenvalue weighted by atomic mass is 9.49. The SMILES string of the molecule is Cc1cc([C@H]2C3=CC[C@@H]4C(=O)N(c5ccc([N+](=O)[O-])cc5)C(=O)[C@@H]4[C@@H]3C[C@H]3C(=O)N(Nc4ccc(F)cc4)C(=O)[C@@]23c2ccc(Cl)cc2)ccc1O. The van der Waals surface area contributed by atoms with Crippen molar-refractivity contribution in [3.8, 4) is 5.75 Å². The van der Waals surface area contributed by atoms with E-state index in [1.165, 1.54) is 54.6 Å². The van der Waals surface area contributed by atoms with Crippen molar-refractivity contribution in [2.75, 3.05) is 10.3 Å².